The molecule has 3 rings (SSSR count). The van der Waals surface area contributed by atoms with Gasteiger partial charge in [0.1, 0.15) is 16.3 Å². The maximum absolute atomic E-state index is 5.92. The van der Waals surface area contributed by atoms with Crippen LogP contribution in [0.4, 0.5) is 5.95 Å². The van der Waals surface area contributed by atoms with Gasteiger partial charge in [-0.05, 0) is 32.0 Å². The highest BCUT2D eigenvalue weighted by atomic mass is 32.2. The number of ether oxygens (including phenoxy) is 2. The first-order chi connectivity index (χ1) is 12.6. The summed E-state index contributed by atoms with van der Waals surface area (Å²) in [6.07, 6.45) is 2.46. The fourth-order valence-electron chi connectivity index (χ4n) is 2.41. The van der Waals surface area contributed by atoms with Crippen molar-refractivity contribution in [1.29, 1.82) is 0 Å². The molecule has 2 aromatic heterocycles. The number of anilines is 1. The number of nitrogens with two attached hydrogens (primary N) is 1. The van der Waals surface area contributed by atoms with Crippen molar-refractivity contribution in [1.82, 2.24) is 19.5 Å². The Bertz CT molecular complexity index is 887. The summed E-state index contributed by atoms with van der Waals surface area (Å²) in [5, 5.41) is 0.722. The van der Waals surface area contributed by atoms with Gasteiger partial charge in [-0.15, -0.1) is 9.24 Å². The molecule has 0 aliphatic carbocycles. The lowest BCUT2D eigenvalue weighted by molar-refractivity contribution is 0.173. The summed E-state index contributed by atoms with van der Waals surface area (Å²) < 4.78 is 13.1. The largest absolute Gasteiger partial charge is 0.491 e. The van der Waals surface area contributed by atoms with Crippen molar-refractivity contribution in [3.8, 4) is 5.75 Å². The number of hydrogen-bond acceptors (Lipinski definition) is 7. The number of benzene rings is 1. The second-order valence-corrected chi connectivity index (χ2v) is 7.21. The van der Waals surface area contributed by atoms with Gasteiger partial charge in [0.2, 0.25) is 5.95 Å². The SMILES string of the molecule is CC(C)Oc1cccc(Sc2nc(N)nc3c2ncn3CCOCP)c1. The van der Waals surface area contributed by atoms with Gasteiger partial charge in [-0.25, -0.2) is 9.97 Å². The maximum Gasteiger partial charge on any atom is 0.223 e. The fourth-order valence-corrected chi connectivity index (χ4v) is 3.50. The van der Waals surface area contributed by atoms with Crippen molar-refractivity contribution in [2.75, 3.05) is 18.7 Å². The molecule has 0 aliphatic rings. The van der Waals surface area contributed by atoms with Gasteiger partial charge >= 0.3 is 0 Å². The van der Waals surface area contributed by atoms with Gasteiger partial charge < -0.3 is 19.8 Å². The quantitative estimate of drug-likeness (QED) is 0.358. The average Bonchev–Trinajstić information content (AvgIpc) is 2.98. The predicted molar refractivity (Wildman–Crippen MR) is 107 cm³/mol. The first kappa shape index (κ1) is 18.9. The second kappa shape index (κ2) is 8.66. The summed E-state index contributed by atoms with van der Waals surface area (Å²) in [6, 6.07) is 7.89. The van der Waals surface area contributed by atoms with Crippen LogP contribution in [0.1, 0.15) is 13.8 Å². The molecule has 1 atom stereocenters. The molecule has 138 valence electrons. The van der Waals surface area contributed by atoms with Gasteiger partial charge in [-0.1, -0.05) is 17.8 Å². The molecule has 0 saturated carbocycles. The van der Waals surface area contributed by atoms with Gasteiger partial charge in [-0.3, -0.25) is 0 Å². The molecule has 0 bridgehead atoms. The molecular formula is C17H22N5O2PS. The van der Waals surface area contributed by atoms with Crippen molar-refractivity contribution in [2.45, 2.75) is 36.4 Å². The Morgan fingerprint density at radius 3 is 2.92 bits per heavy atom. The van der Waals surface area contributed by atoms with Crippen LogP contribution in [0.5, 0.6) is 5.75 Å². The average molecular weight is 391 g/mol. The lowest BCUT2D eigenvalue weighted by Crippen LogP contribution is -2.06. The van der Waals surface area contributed by atoms with Crippen molar-refractivity contribution in [2.24, 2.45) is 0 Å². The number of aromatic nitrogens is 4. The molecule has 0 saturated heterocycles. The molecule has 9 heteroatoms. The van der Waals surface area contributed by atoms with Crippen molar-refractivity contribution >= 4 is 38.1 Å². The molecule has 7 nitrogen and oxygen atoms in total. The fraction of sp³-hybridized carbons (Fsp3) is 0.353. The van der Waals surface area contributed by atoms with E-state index in [0.29, 0.717) is 25.1 Å². The van der Waals surface area contributed by atoms with Crippen LogP contribution in [0.2, 0.25) is 0 Å². The van der Waals surface area contributed by atoms with E-state index in [0.717, 1.165) is 21.2 Å². The standard InChI is InChI=1S/C17H22N5O2PS/c1-11(2)24-12-4-3-5-13(8-12)26-16-14-15(20-17(18)21-16)22(9-19-14)6-7-23-10-25/h3-5,8-9,11H,6-7,10,25H2,1-2H3,(H2,18,20,21). The van der Waals surface area contributed by atoms with Crippen LogP contribution in [-0.2, 0) is 11.3 Å². The number of nitrogens with zero attached hydrogens (tertiary/aromatic N) is 4. The summed E-state index contributed by atoms with van der Waals surface area (Å²) in [5.41, 5.74) is 7.36. The van der Waals surface area contributed by atoms with Crippen LogP contribution in [-0.4, -0.2) is 38.6 Å². The minimum atomic E-state index is 0.121. The van der Waals surface area contributed by atoms with E-state index < -0.39 is 0 Å². The van der Waals surface area contributed by atoms with Crippen LogP contribution in [0.25, 0.3) is 11.2 Å². The highest BCUT2D eigenvalue weighted by Gasteiger charge is 2.14. The zero-order valence-electron chi connectivity index (χ0n) is 14.8. The van der Waals surface area contributed by atoms with E-state index in [1.54, 1.807) is 6.33 Å². The molecule has 0 amide bonds. The summed E-state index contributed by atoms with van der Waals surface area (Å²) >= 11 is 1.49. The molecule has 3 aromatic rings. The van der Waals surface area contributed by atoms with E-state index in [2.05, 4.69) is 24.2 Å². The van der Waals surface area contributed by atoms with E-state index in [4.69, 9.17) is 15.2 Å². The molecule has 1 unspecified atom stereocenters. The highest BCUT2D eigenvalue weighted by molar-refractivity contribution is 7.99. The van der Waals surface area contributed by atoms with E-state index in [1.807, 2.05) is 42.7 Å². The van der Waals surface area contributed by atoms with Crippen molar-refractivity contribution < 1.29 is 9.47 Å². The van der Waals surface area contributed by atoms with Gasteiger partial charge in [0.15, 0.2) is 5.65 Å². The van der Waals surface area contributed by atoms with Gasteiger partial charge in [0, 0.05) is 11.4 Å². The summed E-state index contributed by atoms with van der Waals surface area (Å²) in [5.74, 6) is 1.05. The Morgan fingerprint density at radius 1 is 1.31 bits per heavy atom. The number of hydrogen-bond donors (Lipinski definition) is 1. The van der Waals surface area contributed by atoms with Gasteiger partial charge in [0.25, 0.3) is 0 Å². The Morgan fingerprint density at radius 2 is 2.15 bits per heavy atom. The Labute approximate surface area is 158 Å². The van der Waals surface area contributed by atoms with Gasteiger partial charge in [0.05, 0.1) is 25.4 Å². The number of fused-ring (bicyclic) bond motifs is 1. The third-order valence-electron chi connectivity index (χ3n) is 3.44. The summed E-state index contributed by atoms with van der Waals surface area (Å²) in [4.78, 5) is 14.2. The number of nitrogen functional groups attached to an aromatic ring is 1. The number of imidazole rings is 1. The lowest BCUT2D eigenvalue weighted by atomic mass is 10.3. The third-order valence-corrected chi connectivity index (χ3v) is 4.64. The predicted octanol–water partition coefficient (Wildman–Crippen LogP) is 3.20. The van der Waals surface area contributed by atoms with Crippen LogP contribution in [0.15, 0.2) is 40.5 Å². The van der Waals surface area contributed by atoms with Crippen molar-refractivity contribution in [3.05, 3.63) is 30.6 Å². The van der Waals surface area contributed by atoms with Crippen LogP contribution in [0, 0.1) is 0 Å². The molecule has 0 fully saturated rings. The summed E-state index contributed by atoms with van der Waals surface area (Å²) in [6.45, 7) is 5.24. The van der Waals surface area contributed by atoms with Crippen LogP contribution < -0.4 is 10.5 Å². The van der Waals surface area contributed by atoms with Crippen molar-refractivity contribution in [3.63, 3.8) is 0 Å². The molecule has 2 heterocycles. The first-order valence-electron chi connectivity index (χ1n) is 8.27. The smallest absolute Gasteiger partial charge is 0.223 e. The maximum atomic E-state index is 5.92. The zero-order chi connectivity index (χ0) is 18.5. The Hall–Kier alpha value is -1.89. The lowest BCUT2D eigenvalue weighted by Gasteiger charge is -2.10. The minimum Gasteiger partial charge on any atom is -0.491 e. The molecular weight excluding hydrogens is 369 g/mol. The molecule has 1 aromatic carbocycles. The van der Waals surface area contributed by atoms with E-state index in [-0.39, 0.29) is 12.1 Å². The van der Waals surface area contributed by atoms with E-state index in [1.165, 1.54) is 11.8 Å². The van der Waals surface area contributed by atoms with E-state index >= 15 is 0 Å². The van der Waals surface area contributed by atoms with E-state index in [9.17, 15) is 0 Å². The second-order valence-electron chi connectivity index (χ2n) is 5.82. The topological polar surface area (TPSA) is 88.1 Å². The van der Waals surface area contributed by atoms with Gasteiger partial charge in [-0.2, -0.15) is 4.98 Å². The molecule has 2 N–H and O–H groups in total. The highest BCUT2D eigenvalue weighted by Crippen LogP contribution is 2.33. The van der Waals surface area contributed by atoms with Crippen LogP contribution >= 0.6 is 21.0 Å². The Balaban J connectivity index is 1.88. The number of rotatable bonds is 8. The van der Waals surface area contributed by atoms with Crippen LogP contribution in [0.3, 0.4) is 0 Å². The first-order valence-corrected chi connectivity index (χ1v) is 9.91. The molecule has 0 radical (unpaired) electrons. The molecule has 0 spiro atoms. The third kappa shape index (κ3) is 4.63. The Kier molecular flexibility index (Phi) is 6.29. The monoisotopic (exact) mass is 391 g/mol. The minimum absolute atomic E-state index is 0.121. The zero-order valence-corrected chi connectivity index (χ0v) is 16.7. The molecule has 0 aliphatic heterocycles. The molecule has 26 heavy (non-hydrogen) atoms. The normalized spacial score (nSPS) is 11.4. The summed E-state index contributed by atoms with van der Waals surface area (Å²) in [7, 11) is 2.53.